The van der Waals surface area contributed by atoms with Crippen molar-refractivity contribution >= 4 is 62.7 Å². The maximum absolute atomic E-state index is 12.8. The molecule has 39 heavy (non-hydrogen) atoms. The minimum Gasteiger partial charge on any atom is -0.496 e. The molecule has 3 N–H and O–H groups in total. The number of anilines is 1. The van der Waals surface area contributed by atoms with Crippen LogP contribution < -0.4 is 20.1 Å². The van der Waals surface area contributed by atoms with Gasteiger partial charge in [0, 0.05) is 22.7 Å². The van der Waals surface area contributed by atoms with Gasteiger partial charge in [0.1, 0.15) is 5.75 Å². The highest BCUT2D eigenvalue weighted by atomic mass is 35.5. The number of alkyl halides is 6. The molecule has 0 aliphatic carbocycles. The van der Waals surface area contributed by atoms with E-state index in [0.29, 0.717) is 6.07 Å². The van der Waals surface area contributed by atoms with Gasteiger partial charge in [0.15, 0.2) is 0 Å². The summed E-state index contributed by atoms with van der Waals surface area (Å²) in [6, 6.07) is 6.03. The average Bonchev–Trinajstić information content (AvgIpc) is 2.81. The summed E-state index contributed by atoms with van der Waals surface area (Å²) in [7, 11) is -3.71. The minimum absolute atomic E-state index is 0.0115. The van der Waals surface area contributed by atoms with E-state index in [4.69, 9.17) is 27.9 Å². The SMILES string of the molecule is COc1ccc(Cl)cc1C=C(CNC(=O)C(F)(F)F)C(=O)NS(=O)(=O)c1ccc(Cl)c(NC(=O)C(F)(F)F)c1. The number of amides is 3. The third-order valence-corrected chi connectivity index (χ3v) is 6.38. The Morgan fingerprint density at radius 2 is 1.56 bits per heavy atom. The lowest BCUT2D eigenvalue weighted by Gasteiger charge is -2.14. The molecule has 0 aromatic heterocycles. The van der Waals surface area contributed by atoms with Crippen LogP contribution in [0.5, 0.6) is 5.75 Å². The topological polar surface area (TPSA) is 131 Å². The van der Waals surface area contributed by atoms with Gasteiger partial charge in [0.25, 0.3) is 15.9 Å². The fourth-order valence-electron chi connectivity index (χ4n) is 2.69. The molecule has 0 unspecified atom stereocenters. The number of carbonyl (C=O) groups is 3. The number of rotatable bonds is 8. The minimum atomic E-state index is -5.34. The highest BCUT2D eigenvalue weighted by molar-refractivity contribution is 7.90. The molecule has 3 amide bonds. The number of benzene rings is 2. The maximum Gasteiger partial charge on any atom is 0.471 e. The van der Waals surface area contributed by atoms with Gasteiger partial charge in [0.2, 0.25) is 0 Å². The predicted molar refractivity (Wildman–Crippen MR) is 127 cm³/mol. The van der Waals surface area contributed by atoms with Crippen LogP contribution in [0.25, 0.3) is 6.08 Å². The van der Waals surface area contributed by atoms with Crippen molar-refractivity contribution in [2.45, 2.75) is 17.2 Å². The maximum atomic E-state index is 12.8. The van der Waals surface area contributed by atoms with E-state index in [9.17, 15) is 49.1 Å². The van der Waals surface area contributed by atoms with Gasteiger partial charge >= 0.3 is 24.2 Å². The lowest BCUT2D eigenvalue weighted by Crippen LogP contribution is -2.41. The molecule has 0 radical (unpaired) electrons. The van der Waals surface area contributed by atoms with Crippen molar-refractivity contribution in [3.8, 4) is 5.75 Å². The van der Waals surface area contributed by atoms with Gasteiger partial charge in [0.05, 0.1) is 22.7 Å². The van der Waals surface area contributed by atoms with E-state index in [1.807, 2.05) is 0 Å². The third kappa shape index (κ3) is 8.76. The van der Waals surface area contributed by atoms with Crippen LogP contribution in [0, 0.1) is 0 Å². The molecule has 0 fully saturated rings. The van der Waals surface area contributed by atoms with E-state index in [1.54, 1.807) is 0 Å². The fraction of sp³-hybridized carbons (Fsp3) is 0.190. The Morgan fingerprint density at radius 1 is 0.949 bits per heavy atom. The van der Waals surface area contributed by atoms with Crippen LogP contribution in [0.2, 0.25) is 10.0 Å². The Balaban J connectivity index is 2.45. The van der Waals surface area contributed by atoms with E-state index in [-0.39, 0.29) is 16.3 Å². The number of nitrogens with one attached hydrogen (secondary N) is 3. The summed E-state index contributed by atoms with van der Waals surface area (Å²) in [5.41, 5.74) is -1.49. The van der Waals surface area contributed by atoms with Crippen molar-refractivity contribution in [2.75, 3.05) is 19.0 Å². The first kappa shape index (κ1) is 31.7. The fourth-order valence-corrected chi connectivity index (χ4v) is 4.04. The van der Waals surface area contributed by atoms with Gasteiger partial charge in [-0.3, -0.25) is 14.4 Å². The first-order valence-electron chi connectivity index (χ1n) is 9.99. The second-order valence-electron chi connectivity index (χ2n) is 7.26. The summed E-state index contributed by atoms with van der Waals surface area (Å²) < 4.78 is 108. The molecular weight excluding hydrogens is 607 g/mol. The number of hydrogen-bond acceptors (Lipinski definition) is 6. The van der Waals surface area contributed by atoms with Crippen LogP contribution >= 0.6 is 23.2 Å². The number of hydrogen-bond donors (Lipinski definition) is 3. The summed E-state index contributed by atoms with van der Waals surface area (Å²) in [5, 5.41) is 2.41. The molecule has 2 aromatic carbocycles. The highest BCUT2D eigenvalue weighted by Gasteiger charge is 2.40. The standard InChI is InChI=1S/C21H15Cl2F6N3O6S/c1-38-16-5-2-12(22)7-10(16)6-11(9-30-18(34)20(24,25)26)17(33)32-39(36,37)13-3-4-14(23)15(8-13)31-19(35)21(27,28)29/h2-8H,9H2,1H3,(H,30,34)(H,31,35)(H,32,33). The van der Waals surface area contributed by atoms with E-state index in [2.05, 4.69) is 0 Å². The Hall–Kier alpha value is -3.50. The van der Waals surface area contributed by atoms with Crippen molar-refractivity contribution in [1.82, 2.24) is 10.0 Å². The third-order valence-electron chi connectivity index (χ3n) is 4.49. The smallest absolute Gasteiger partial charge is 0.471 e. The van der Waals surface area contributed by atoms with Crippen LogP contribution in [0.15, 0.2) is 46.9 Å². The van der Waals surface area contributed by atoms with Gasteiger partial charge in [-0.1, -0.05) is 23.2 Å². The molecule has 2 aromatic rings. The second kappa shape index (κ2) is 12.1. The van der Waals surface area contributed by atoms with Gasteiger partial charge in [-0.05, 0) is 42.5 Å². The van der Waals surface area contributed by atoms with Gasteiger partial charge in [-0.25, -0.2) is 13.1 Å². The average molecular weight is 622 g/mol. The van der Waals surface area contributed by atoms with Gasteiger partial charge in [-0.15, -0.1) is 0 Å². The Labute approximate surface area is 226 Å². The zero-order valence-corrected chi connectivity index (χ0v) is 21.5. The Kier molecular flexibility index (Phi) is 9.86. The number of carbonyl (C=O) groups excluding carboxylic acids is 3. The van der Waals surface area contributed by atoms with E-state index < -0.39 is 67.8 Å². The molecule has 212 valence electrons. The lowest BCUT2D eigenvalue weighted by molar-refractivity contribution is -0.173. The van der Waals surface area contributed by atoms with Crippen LogP contribution in [0.1, 0.15) is 5.56 Å². The van der Waals surface area contributed by atoms with Crippen LogP contribution in [0.4, 0.5) is 32.0 Å². The molecule has 0 atom stereocenters. The number of methoxy groups -OCH3 is 1. The summed E-state index contributed by atoms with van der Waals surface area (Å²) in [6.07, 6.45) is -9.78. The summed E-state index contributed by atoms with van der Waals surface area (Å²) in [5.74, 6) is -6.37. The van der Waals surface area contributed by atoms with E-state index in [1.165, 1.54) is 40.7 Å². The monoisotopic (exact) mass is 621 g/mol. The van der Waals surface area contributed by atoms with Crippen molar-refractivity contribution < 1.29 is 53.9 Å². The molecule has 0 bridgehead atoms. The molecule has 0 heterocycles. The summed E-state index contributed by atoms with van der Waals surface area (Å²) >= 11 is 11.6. The first-order chi connectivity index (χ1) is 17.8. The molecule has 9 nitrogen and oxygen atoms in total. The Morgan fingerprint density at radius 3 is 2.13 bits per heavy atom. The first-order valence-corrected chi connectivity index (χ1v) is 12.2. The molecule has 0 saturated heterocycles. The highest BCUT2D eigenvalue weighted by Crippen LogP contribution is 2.28. The van der Waals surface area contributed by atoms with Crippen LogP contribution in [-0.4, -0.2) is 52.1 Å². The van der Waals surface area contributed by atoms with Crippen LogP contribution in [0.3, 0.4) is 0 Å². The zero-order valence-electron chi connectivity index (χ0n) is 19.1. The van der Waals surface area contributed by atoms with E-state index >= 15 is 0 Å². The van der Waals surface area contributed by atoms with Crippen molar-refractivity contribution in [3.63, 3.8) is 0 Å². The Bertz CT molecular complexity index is 1430. The number of sulfonamides is 1. The normalized spacial score (nSPS) is 12.5. The molecular formula is C21H15Cl2F6N3O6S. The van der Waals surface area contributed by atoms with E-state index in [0.717, 1.165) is 18.2 Å². The lowest BCUT2D eigenvalue weighted by atomic mass is 10.1. The zero-order chi connectivity index (χ0) is 29.8. The second-order valence-corrected chi connectivity index (χ2v) is 9.79. The molecule has 18 heteroatoms. The molecule has 2 rings (SSSR count). The summed E-state index contributed by atoms with van der Waals surface area (Å²) in [6.45, 7) is -1.12. The van der Waals surface area contributed by atoms with Crippen molar-refractivity contribution in [1.29, 1.82) is 0 Å². The van der Waals surface area contributed by atoms with Crippen LogP contribution in [-0.2, 0) is 24.4 Å². The number of halogens is 8. The molecule has 0 aliphatic rings. The summed E-state index contributed by atoms with van der Waals surface area (Å²) in [4.78, 5) is 34.5. The molecule has 0 saturated carbocycles. The molecule has 0 spiro atoms. The van der Waals surface area contributed by atoms with Gasteiger partial charge in [-0.2, -0.15) is 26.3 Å². The quantitative estimate of drug-likeness (QED) is 0.301. The largest absolute Gasteiger partial charge is 0.496 e. The van der Waals surface area contributed by atoms with Gasteiger partial charge < -0.3 is 15.4 Å². The van der Waals surface area contributed by atoms with Crippen molar-refractivity contribution in [3.05, 3.63) is 57.6 Å². The predicted octanol–water partition coefficient (Wildman–Crippen LogP) is 4.07. The number of ether oxygens (including phenoxy) is 1. The molecule has 0 aliphatic heterocycles. The van der Waals surface area contributed by atoms with Crippen molar-refractivity contribution in [2.24, 2.45) is 0 Å².